The first-order valence-corrected chi connectivity index (χ1v) is 12.6. The van der Waals surface area contributed by atoms with Crippen molar-refractivity contribution in [1.29, 1.82) is 0 Å². The lowest BCUT2D eigenvalue weighted by Crippen LogP contribution is -2.56. The van der Waals surface area contributed by atoms with Gasteiger partial charge in [-0.3, -0.25) is 24.2 Å². The molecule has 0 saturated carbocycles. The Kier molecular flexibility index (Phi) is 13.2. The quantitative estimate of drug-likeness (QED) is 0.198. The molecule has 0 aliphatic heterocycles. The van der Waals surface area contributed by atoms with Gasteiger partial charge >= 0.3 is 19.1 Å². The number of esters is 1. The monoisotopic (exact) mass is 556 g/mol. The SMILES string of the molecule is COC(=O)CCC(=O)OB(OCC(=O)O)[C@H](CC(C)C)NC(=O)[C@H](Cc1ccccc1)NC(=O)c1cnccn1. The molecule has 0 aliphatic carbocycles. The number of rotatable bonds is 16. The number of carbonyl (C=O) groups is 5. The Balaban J connectivity index is 2.28. The Hall–Kier alpha value is -4.33. The van der Waals surface area contributed by atoms with Crippen LogP contribution in [0.3, 0.4) is 0 Å². The smallest absolute Gasteiger partial charge is 0.508 e. The van der Waals surface area contributed by atoms with Crippen LogP contribution in [0.2, 0.25) is 0 Å². The van der Waals surface area contributed by atoms with Gasteiger partial charge in [-0.2, -0.15) is 0 Å². The van der Waals surface area contributed by atoms with Gasteiger partial charge in [-0.15, -0.1) is 0 Å². The van der Waals surface area contributed by atoms with Crippen LogP contribution in [0.25, 0.3) is 0 Å². The van der Waals surface area contributed by atoms with E-state index in [1.807, 2.05) is 19.9 Å². The number of aromatic nitrogens is 2. The van der Waals surface area contributed by atoms with E-state index in [2.05, 4.69) is 25.3 Å². The van der Waals surface area contributed by atoms with E-state index in [1.165, 1.54) is 25.7 Å². The largest absolute Gasteiger partial charge is 0.551 e. The van der Waals surface area contributed by atoms with Crippen LogP contribution < -0.4 is 10.6 Å². The average Bonchev–Trinajstić information content (AvgIpc) is 2.93. The molecule has 2 rings (SSSR count). The van der Waals surface area contributed by atoms with E-state index in [1.54, 1.807) is 24.3 Å². The fourth-order valence-electron chi connectivity index (χ4n) is 3.62. The van der Waals surface area contributed by atoms with Crippen LogP contribution in [0.1, 0.15) is 49.2 Å². The summed E-state index contributed by atoms with van der Waals surface area (Å²) in [5.74, 6) is -5.07. The first kappa shape index (κ1) is 31.9. The van der Waals surface area contributed by atoms with Crippen molar-refractivity contribution >= 4 is 36.8 Å². The number of carboxylic acids is 1. The van der Waals surface area contributed by atoms with Crippen LogP contribution in [-0.4, -0.2) is 77.6 Å². The molecule has 2 atom stereocenters. The zero-order chi connectivity index (χ0) is 29.5. The second-order valence-corrected chi connectivity index (χ2v) is 9.19. The van der Waals surface area contributed by atoms with Crippen molar-refractivity contribution in [2.75, 3.05) is 13.7 Å². The lowest BCUT2D eigenvalue weighted by atomic mass is 9.73. The molecule has 0 aliphatic rings. The molecule has 1 heterocycles. The van der Waals surface area contributed by atoms with Gasteiger partial charge in [-0.25, -0.2) is 9.78 Å². The van der Waals surface area contributed by atoms with Crippen molar-refractivity contribution < 1.29 is 43.1 Å². The third-order valence-corrected chi connectivity index (χ3v) is 5.46. The Morgan fingerprint density at radius 2 is 1.70 bits per heavy atom. The minimum absolute atomic E-state index is 0.00861. The number of nitrogens with zero attached hydrogens (tertiary/aromatic N) is 2. The number of methoxy groups -OCH3 is 1. The summed E-state index contributed by atoms with van der Waals surface area (Å²) in [6.45, 7) is 2.89. The normalized spacial score (nSPS) is 12.1. The van der Waals surface area contributed by atoms with E-state index in [4.69, 9.17) is 14.4 Å². The van der Waals surface area contributed by atoms with E-state index in [0.717, 1.165) is 5.56 Å². The summed E-state index contributed by atoms with van der Waals surface area (Å²) < 4.78 is 15.2. The van der Waals surface area contributed by atoms with Crippen LogP contribution in [-0.2, 0) is 39.6 Å². The fraction of sp³-hybridized carbons (Fsp3) is 0.423. The fourth-order valence-corrected chi connectivity index (χ4v) is 3.62. The molecule has 2 amide bonds. The minimum Gasteiger partial charge on any atom is -0.508 e. The Labute approximate surface area is 232 Å². The van der Waals surface area contributed by atoms with Crippen molar-refractivity contribution in [3.05, 3.63) is 60.2 Å². The van der Waals surface area contributed by atoms with E-state index < -0.39 is 55.4 Å². The molecule has 0 spiro atoms. The maximum atomic E-state index is 13.6. The summed E-state index contributed by atoms with van der Waals surface area (Å²) >= 11 is 0. The molecule has 214 valence electrons. The molecule has 0 fully saturated rings. The predicted octanol–water partition coefficient (Wildman–Crippen LogP) is 0.974. The number of carboxylic acid groups (broad SMARTS) is 1. The summed E-state index contributed by atoms with van der Waals surface area (Å²) in [6.07, 6.45) is 3.77. The number of aliphatic carboxylic acids is 1. The maximum absolute atomic E-state index is 13.6. The van der Waals surface area contributed by atoms with Gasteiger partial charge in [0.25, 0.3) is 11.9 Å². The summed E-state index contributed by atoms with van der Waals surface area (Å²) in [5, 5.41) is 14.6. The highest BCUT2D eigenvalue weighted by Crippen LogP contribution is 2.13. The molecular weight excluding hydrogens is 523 g/mol. The number of carbonyl (C=O) groups excluding carboxylic acids is 4. The van der Waals surface area contributed by atoms with Gasteiger partial charge in [0.15, 0.2) is 0 Å². The van der Waals surface area contributed by atoms with Crippen molar-refractivity contribution in [1.82, 2.24) is 20.6 Å². The van der Waals surface area contributed by atoms with Crippen molar-refractivity contribution in [3.8, 4) is 0 Å². The molecule has 0 unspecified atom stereocenters. The molecular formula is C26H33BN4O9. The van der Waals surface area contributed by atoms with Gasteiger partial charge < -0.3 is 29.8 Å². The van der Waals surface area contributed by atoms with Gasteiger partial charge in [0, 0.05) is 18.8 Å². The number of nitrogens with one attached hydrogen (secondary N) is 2. The van der Waals surface area contributed by atoms with Gasteiger partial charge in [-0.1, -0.05) is 44.2 Å². The van der Waals surface area contributed by atoms with Crippen molar-refractivity contribution in [2.45, 2.75) is 51.5 Å². The average molecular weight is 556 g/mol. The molecule has 40 heavy (non-hydrogen) atoms. The summed E-state index contributed by atoms with van der Waals surface area (Å²) in [6, 6.07) is 7.90. The summed E-state index contributed by atoms with van der Waals surface area (Å²) in [7, 11) is -0.309. The van der Waals surface area contributed by atoms with Crippen molar-refractivity contribution in [2.24, 2.45) is 5.92 Å². The van der Waals surface area contributed by atoms with E-state index in [9.17, 15) is 24.0 Å². The van der Waals surface area contributed by atoms with Crippen LogP contribution in [0.5, 0.6) is 0 Å². The van der Waals surface area contributed by atoms with Gasteiger partial charge in [-0.05, 0) is 17.9 Å². The zero-order valence-electron chi connectivity index (χ0n) is 22.6. The van der Waals surface area contributed by atoms with Crippen LogP contribution in [0, 0.1) is 5.92 Å². The topological polar surface area (TPSA) is 183 Å². The summed E-state index contributed by atoms with van der Waals surface area (Å²) in [5.41, 5.74) is 0.768. The molecule has 13 nitrogen and oxygen atoms in total. The van der Waals surface area contributed by atoms with E-state index >= 15 is 0 Å². The standard InChI is InChI=1S/C26H33BN4O9/c1-17(2)13-21(27(39-16-22(32)33)40-24(35)10-9-23(34)38-3)31-25(36)19(14-18-7-5-4-6-8-18)30-26(37)20-15-28-11-12-29-20/h4-8,11-12,15,17,19,21H,9-10,13-14,16H2,1-3H3,(H,30,37)(H,31,36)(H,32,33)/t19-,21-/m0/s1. The first-order chi connectivity index (χ1) is 19.1. The third-order valence-electron chi connectivity index (χ3n) is 5.46. The lowest BCUT2D eigenvalue weighted by molar-refractivity contribution is -0.145. The van der Waals surface area contributed by atoms with Crippen LogP contribution in [0.15, 0.2) is 48.9 Å². The minimum atomic E-state index is -1.49. The molecule has 3 N–H and O–H groups in total. The second kappa shape index (κ2) is 16.6. The van der Waals surface area contributed by atoms with E-state index in [0.29, 0.717) is 0 Å². The highest BCUT2D eigenvalue weighted by Gasteiger charge is 2.38. The second-order valence-electron chi connectivity index (χ2n) is 9.19. The number of amides is 2. The highest BCUT2D eigenvalue weighted by atomic mass is 16.6. The molecule has 0 radical (unpaired) electrons. The van der Waals surface area contributed by atoms with Gasteiger partial charge in [0.1, 0.15) is 18.3 Å². The predicted molar refractivity (Wildman–Crippen MR) is 142 cm³/mol. The highest BCUT2D eigenvalue weighted by molar-refractivity contribution is 6.49. The molecule has 1 aromatic heterocycles. The number of ether oxygens (including phenoxy) is 1. The zero-order valence-corrected chi connectivity index (χ0v) is 22.6. The molecule has 14 heteroatoms. The van der Waals surface area contributed by atoms with Gasteiger partial charge in [0.05, 0.1) is 32.1 Å². The maximum Gasteiger partial charge on any atom is 0.551 e. The van der Waals surface area contributed by atoms with Gasteiger partial charge in [0.2, 0.25) is 5.91 Å². The first-order valence-electron chi connectivity index (χ1n) is 12.6. The lowest BCUT2D eigenvalue weighted by Gasteiger charge is -2.27. The molecule has 2 aromatic rings. The number of hydrogen-bond acceptors (Lipinski definition) is 10. The number of hydrogen-bond donors (Lipinski definition) is 3. The van der Waals surface area contributed by atoms with Crippen molar-refractivity contribution in [3.63, 3.8) is 0 Å². The third kappa shape index (κ3) is 11.6. The molecule has 1 aromatic carbocycles. The Morgan fingerprint density at radius 3 is 2.30 bits per heavy atom. The Bertz CT molecular complexity index is 1140. The van der Waals surface area contributed by atoms with Crippen LogP contribution >= 0.6 is 0 Å². The van der Waals surface area contributed by atoms with E-state index in [-0.39, 0.29) is 37.3 Å². The molecule has 0 saturated heterocycles. The summed E-state index contributed by atoms with van der Waals surface area (Å²) in [4.78, 5) is 69.3. The molecule has 0 bridgehead atoms. The van der Waals surface area contributed by atoms with Crippen LogP contribution in [0.4, 0.5) is 0 Å². The Morgan fingerprint density at radius 1 is 1.00 bits per heavy atom. The number of benzene rings is 1.